The summed E-state index contributed by atoms with van der Waals surface area (Å²) in [5, 5.41) is 0. The predicted octanol–water partition coefficient (Wildman–Crippen LogP) is 4.35. The zero-order chi connectivity index (χ0) is 13.2. The Bertz CT molecular complexity index is 579. The second-order valence-electron chi connectivity index (χ2n) is 5.33. The summed E-state index contributed by atoms with van der Waals surface area (Å²) < 4.78 is 7.08. The first kappa shape index (κ1) is 12.9. The summed E-state index contributed by atoms with van der Waals surface area (Å²) in [6, 6.07) is 3.89. The van der Waals surface area contributed by atoms with E-state index in [0.29, 0.717) is 6.10 Å². The number of rotatable bonds is 2. The van der Waals surface area contributed by atoms with Crippen LogP contribution in [0, 0.1) is 5.92 Å². The molecule has 4 heteroatoms. The van der Waals surface area contributed by atoms with Gasteiger partial charge in [0.15, 0.2) is 0 Å². The average Bonchev–Trinajstić information content (AvgIpc) is 2.41. The molecule has 0 saturated heterocycles. The molecule has 1 aliphatic rings. The van der Waals surface area contributed by atoms with E-state index >= 15 is 0 Å². The third-order valence-electron chi connectivity index (χ3n) is 3.76. The van der Waals surface area contributed by atoms with Crippen LogP contribution in [-0.4, -0.2) is 16.1 Å². The molecule has 0 atom stereocenters. The number of hydrogen-bond acceptors (Lipinski definition) is 3. The maximum Gasteiger partial charge on any atom is 0.149 e. The first-order valence-electron chi connectivity index (χ1n) is 6.79. The first-order chi connectivity index (χ1) is 9.22. The lowest BCUT2D eigenvalue weighted by Crippen LogP contribution is -2.23. The van der Waals surface area contributed by atoms with Crippen molar-refractivity contribution in [2.45, 2.75) is 38.7 Å². The van der Waals surface area contributed by atoms with Crippen molar-refractivity contribution in [1.82, 2.24) is 9.97 Å². The van der Waals surface area contributed by atoms with Crippen LogP contribution in [0.5, 0.6) is 5.75 Å². The zero-order valence-electron chi connectivity index (χ0n) is 11.0. The standard InChI is InChI=1S/C15H17BrN2O/c1-10-2-4-12(5-3-10)19-14-6-7-17-13-8-11(16)9-18-15(13)14/h6-10,12H,2-5H2,1H3. The minimum Gasteiger partial charge on any atom is -0.488 e. The van der Waals surface area contributed by atoms with Gasteiger partial charge in [-0.25, -0.2) is 4.98 Å². The van der Waals surface area contributed by atoms with Gasteiger partial charge in [0, 0.05) is 22.9 Å². The zero-order valence-corrected chi connectivity index (χ0v) is 12.6. The van der Waals surface area contributed by atoms with E-state index in [2.05, 4.69) is 32.8 Å². The average molecular weight is 321 g/mol. The smallest absolute Gasteiger partial charge is 0.149 e. The molecule has 19 heavy (non-hydrogen) atoms. The Labute approximate surface area is 121 Å². The highest BCUT2D eigenvalue weighted by Crippen LogP contribution is 2.30. The van der Waals surface area contributed by atoms with Gasteiger partial charge in [-0.3, -0.25) is 4.98 Å². The van der Waals surface area contributed by atoms with E-state index in [9.17, 15) is 0 Å². The summed E-state index contributed by atoms with van der Waals surface area (Å²) in [5.74, 6) is 1.69. The molecule has 1 saturated carbocycles. The highest BCUT2D eigenvalue weighted by Gasteiger charge is 2.20. The van der Waals surface area contributed by atoms with E-state index in [1.807, 2.05) is 12.1 Å². The van der Waals surface area contributed by atoms with E-state index in [1.165, 1.54) is 12.8 Å². The lowest BCUT2D eigenvalue weighted by atomic mass is 9.89. The molecule has 2 aromatic heterocycles. The third kappa shape index (κ3) is 2.89. The van der Waals surface area contributed by atoms with Crippen LogP contribution in [-0.2, 0) is 0 Å². The second kappa shape index (κ2) is 5.45. The van der Waals surface area contributed by atoms with Crippen LogP contribution in [0.3, 0.4) is 0 Å². The molecule has 0 N–H and O–H groups in total. The van der Waals surface area contributed by atoms with Crippen molar-refractivity contribution in [3.8, 4) is 5.75 Å². The molecule has 0 spiro atoms. The lowest BCUT2D eigenvalue weighted by molar-refractivity contribution is 0.137. The van der Waals surface area contributed by atoms with Crippen LogP contribution in [0.25, 0.3) is 11.0 Å². The van der Waals surface area contributed by atoms with Crippen LogP contribution < -0.4 is 4.74 Å². The molecule has 0 amide bonds. The summed E-state index contributed by atoms with van der Waals surface area (Å²) in [6.07, 6.45) is 8.70. The molecule has 1 fully saturated rings. The van der Waals surface area contributed by atoms with Crippen molar-refractivity contribution in [3.05, 3.63) is 29.0 Å². The van der Waals surface area contributed by atoms with E-state index < -0.39 is 0 Å². The molecular weight excluding hydrogens is 304 g/mol. The molecule has 3 rings (SSSR count). The summed E-state index contributed by atoms with van der Waals surface area (Å²) >= 11 is 3.42. The number of halogens is 1. The molecule has 0 unspecified atom stereocenters. The van der Waals surface area contributed by atoms with Gasteiger partial charge in [-0.1, -0.05) is 6.92 Å². The van der Waals surface area contributed by atoms with Crippen molar-refractivity contribution in [2.75, 3.05) is 0 Å². The summed E-state index contributed by atoms with van der Waals surface area (Å²) in [6.45, 7) is 2.32. The Morgan fingerprint density at radius 3 is 2.79 bits per heavy atom. The molecule has 0 radical (unpaired) electrons. The van der Waals surface area contributed by atoms with Gasteiger partial charge in [-0.2, -0.15) is 0 Å². The predicted molar refractivity (Wildman–Crippen MR) is 79.3 cm³/mol. The minimum absolute atomic E-state index is 0.326. The van der Waals surface area contributed by atoms with Crippen LogP contribution in [0.15, 0.2) is 29.0 Å². The lowest BCUT2D eigenvalue weighted by Gasteiger charge is -2.27. The topological polar surface area (TPSA) is 35.0 Å². The van der Waals surface area contributed by atoms with Gasteiger partial charge in [-0.15, -0.1) is 0 Å². The van der Waals surface area contributed by atoms with Crippen LogP contribution >= 0.6 is 15.9 Å². The Hall–Kier alpha value is -1.16. The minimum atomic E-state index is 0.326. The fraction of sp³-hybridized carbons (Fsp3) is 0.467. The Kier molecular flexibility index (Phi) is 3.69. The monoisotopic (exact) mass is 320 g/mol. The van der Waals surface area contributed by atoms with Crippen LogP contribution in [0.4, 0.5) is 0 Å². The Balaban J connectivity index is 1.84. The molecule has 2 heterocycles. The van der Waals surface area contributed by atoms with Crippen molar-refractivity contribution >= 4 is 27.0 Å². The SMILES string of the molecule is CC1CCC(Oc2ccnc3cc(Br)cnc23)CC1. The van der Waals surface area contributed by atoms with Crippen LogP contribution in [0.1, 0.15) is 32.6 Å². The van der Waals surface area contributed by atoms with E-state index in [0.717, 1.165) is 40.0 Å². The number of aromatic nitrogens is 2. The van der Waals surface area contributed by atoms with Gasteiger partial charge in [0.1, 0.15) is 11.3 Å². The normalized spacial score (nSPS) is 23.5. The first-order valence-corrected chi connectivity index (χ1v) is 7.58. The molecule has 100 valence electrons. The number of nitrogens with zero attached hydrogens (tertiary/aromatic N) is 2. The van der Waals surface area contributed by atoms with Crippen molar-refractivity contribution in [3.63, 3.8) is 0 Å². The highest BCUT2D eigenvalue weighted by molar-refractivity contribution is 9.10. The van der Waals surface area contributed by atoms with E-state index in [1.54, 1.807) is 12.4 Å². The van der Waals surface area contributed by atoms with E-state index in [4.69, 9.17) is 4.74 Å². The number of pyridine rings is 2. The maximum atomic E-state index is 6.14. The van der Waals surface area contributed by atoms with Gasteiger partial charge in [0.25, 0.3) is 0 Å². The summed E-state index contributed by atoms with van der Waals surface area (Å²) in [7, 11) is 0. The maximum absolute atomic E-state index is 6.14. The highest BCUT2D eigenvalue weighted by atomic mass is 79.9. The van der Waals surface area contributed by atoms with Crippen molar-refractivity contribution in [2.24, 2.45) is 5.92 Å². The van der Waals surface area contributed by atoms with Gasteiger partial charge in [-0.05, 0) is 53.6 Å². The van der Waals surface area contributed by atoms with Crippen molar-refractivity contribution < 1.29 is 4.74 Å². The fourth-order valence-corrected chi connectivity index (χ4v) is 2.92. The van der Waals surface area contributed by atoms with Gasteiger partial charge < -0.3 is 4.74 Å². The molecule has 0 aliphatic heterocycles. The van der Waals surface area contributed by atoms with Gasteiger partial charge in [0.2, 0.25) is 0 Å². The Morgan fingerprint density at radius 1 is 1.21 bits per heavy atom. The summed E-state index contributed by atoms with van der Waals surface area (Å²) in [5.41, 5.74) is 1.72. The van der Waals surface area contributed by atoms with Crippen molar-refractivity contribution in [1.29, 1.82) is 0 Å². The number of ether oxygens (including phenoxy) is 1. The third-order valence-corrected chi connectivity index (χ3v) is 4.20. The Morgan fingerprint density at radius 2 is 2.00 bits per heavy atom. The molecule has 2 aromatic rings. The summed E-state index contributed by atoms with van der Waals surface area (Å²) in [4.78, 5) is 8.76. The number of hydrogen-bond donors (Lipinski definition) is 0. The molecule has 3 nitrogen and oxygen atoms in total. The van der Waals surface area contributed by atoms with Gasteiger partial charge in [0.05, 0.1) is 11.6 Å². The molecular formula is C15H17BrN2O. The molecule has 1 aliphatic carbocycles. The quantitative estimate of drug-likeness (QED) is 0.825. The second-order valence-corrected chi connectivity index (χ2v) is 6.25. The fourth-order valence-electron chi connectivity index (χ4n) is 2.60. The molecule has 0 aromatic carbocycles. The van der Waals surface area contributed by atoms with Crippen LogP contribution in [0.2, 0.25) is 0 Å². The number of fused-ring (bicyclic) bond motifs is 1. The largest absolute Gasteiger partial charge is 0.488 e. The van der Waals surface area contributed by atoms with E-state index in [-0.39, 0.29) is 0 Å². The molecule has 0 bridgehead atoms. The van der Waals surface area contributed by atoms with Gasteiger partial charge >= 0.3 is 0 Å².